The number of aromatic nitrogens is 1. The van der Waals surface area contributed by atoms with E-state index in [9.17, 15) is 4.79 Å². The monoisotopic (exact) mass is 179 g/mol. The van der Waals surface area contributed by atoms with Crippen molar-refractivity contribution >= 4 is 5.91 Å². The van der Waals surface area contributed by atoms with E-state index in [1.165, 1.54) is 0 Å². The van der Waals surface area contributed by atoms with Crippen molar-refractivity contribution in [3.63, 3.8) is 0 Å². The molecule has 0 fully saturated rings. The van der Waals surface area contributed by atoms with Gasteiger partial charge in [0.05, 0.1) is 11.2 Å². The molecule has 1 unspecified atom stereocenters. The normalized spacial score (nSPS) is 14.9. The Morgan fingerprint density at radius 3 is 2.77 bits per heavy atom. The van der Waals surface area contributed by atoms with Crippen LogP contribution < -0.4 is 11.5 Å². The number of carbonyl (C=O) groups excluding carboxylic acids is 1. The van der Waals surface area contributed by atoms with Crippen molar-refractivity contribution in [2.45, 2.75) is 18.9 Å². The molecule has 4 nitrogen and oxygen atoms in total. The fraction of sp³-hybridized carbons (Fsp3) is 0.333. The third-order valence-corrected chi connectivity index (χ3v) is 1.79. The molecule has 70 valence electrons. The van der Waals surface area contributed by atoms with Crippen LogP contribution in [0, 0.1) is 0 Å². The molecule has 1 aromatic heterocycles. The van der Waals surface area contributed by atoms with Crippen molar-refractivity contribution in [1.82, 2.24) is 4.98 Å². The van der Waals surface area contributed by atoms with E-state index in [0.717, 1.165) is 0 Å². The Labute approximate surface area is 77.0 Å². The van der Waals surface area contributed by atoms with E-state index in [1.807, 2.05) is 6.07 Å². The van der Waals surface area contributed by atoms with Crippen LogP contribution in [0.5, 0.6) is 0 Å². The second-order valence-electron chi connectivity index (χ2n) is 3.28. The minimum Gasteiger partial charge on any atom is -0.370 e. The van der Waals surface area contributed by atoms with E-state index in [-0.39, 0.29) is 6.42 Å². The Kier molecular flexibility index (Phi) is 2.63. The Morgan fingerprint density at radius 2 is 2.31 bits per heavy atom. The zero-order valence-corrected chi connectivity index (χ0v) is 7.53. The number of hydrogen-bond acceptors (Lipinski definition) is 3. The maximum atomic E-state index is 10.7. The van der Waals surface area contributed by atoms with Crippen LogP contribution in [0.3, 0.4) is 0 Å². The first-order valence-corrected chi connectivity index (χ1v) is 4.01. The molecule has 0 aliphatic rings. The van der Waals surface area contributed by atoms with Gasteiger partial charge in [-0.15, -0.1) is 0 Å². The molecule has 0 aliphatic carbocycles. The smallest absolute Gasteiger partial charge is 0.219 e. The topological polar surface area (TPSA) is 82.0 Å². The molecular weight excluding hydrogens is 166 g/mol. The molecule has 0 bridgehead atoms. The number of hydrogen-bond donors (Lipinski definition) is 2. The lowest BCUT2D eigenvalue weighted by Gasteiger charge is -2.21. The number of rotatable bonds is 3. The summed E-state index contributed by atoms with van der Waals surface area (Å²) in [5, 5.41) is 0. The van der Waals surface area contributed by atoms with Crippen molar-refractivity contribution in [3.05, 3.63) is 30.1 Å². The molecule has 0 radical (unpaired) electrons. The predicted molar refractivity (Wildman–Crippen MR) is 49.6 cm³/mol. The Bertz CT molecular complexity index is 295. The van der Waals surface area contributed by atoms with Crippen LogP contribution in [0.2, 0.25) is 0 Å². The summed E-state index contributed by atoms with van der Waals surface area (Å²) in [6.07, 6.45) is 1.74. The van der Waals surface area contributed by atoms with Gasteiger partial charge in [0.1, 0.15) is 0 Å². The molecule has 4 heteroatoms. The maximum absolute atomic E-state index is 10.7. The highest BCUT2D eigenvalue weighted by atomic mass is 16.1. The first-order chi connectivity index (χ1) is 6.02. The van der Waals surface area contributed by atoms with Crippen molar-refractivity contribution in [2.24, 2.45) is 11.5 Å². The van der Waals surface area contributed by atoms with Crippen molar-refractivity contribution in [3.8, 4) is 0 Å². The summed E-state index contributed by atoms with van der Waals surface area (Å²) in [7, 11) is 0. The summed E-state index contributed by atoms with van der Waals surface area (Å²) in [6, 6.07) is 5.40. The van der Waals surface area contributed by atoms with Gasteiger partial charge in [-0.05, 0) is 19.1 Å². The number of carbonyl (C=O) groups is 1. The van der Waals surface area contributed by atoms with E-state index < -0.39 is 11.4 Å². The van der Waals surface area contributed by atoms with E-state index in [4.69, 9.17) is 11.5 Å². The second kappa shape index (κ2) is 3.53. The van der Waals surface area contributed by atoms with Crippen LogP contribution in [-0.4, -0.2) is 10.9 Å². The molecule has 0 aliphatic heterocycles. The van der Waals surface area contributed by atoms with Gasteiger partial charge in [0, 0.05) is 12.6 Å². The number of nitrogens with two attached hydrogens (primary N) is 2. The van der Waals surface area contributed by atoms with Gasteiger partial charge in [-0.1, -0.05) is 6.07 Å². The van der Waals surface area contributed by atoms with Crippen LogP contribution >= 0.6 is 0 Å². The standard InChI is InChI=1S/C9H13N3O/c1-9(11,6-8(10)13)7-4-2-3-5-12-7/h2-5H,6,11H2,1H3,(H2,10,13). The van der Waals surface area contributed by atoms with Gasteiger partial charge < -0.3 is 11.5 Å². The third kappa shape index (κ3) is 2.52. The molecule has 4 N–H and O–H groups in total. The Hall–Kier alpha value is -1.42. The van der Waals surface area contributed by atoms with Gasteiger partial charge in [0.15, 0.2) is 0 Å². The molecule has 0 saturated heterocycles. The quantitative estimate of drug-likeness (QED) is 0.692. The number of amides is 1. The molecule has 0 spiro atoms. The average molecular weight is 179 g/mol. The predicted octanol–water partition coefficient (Wildman–Crippen LogP) is 0.131. The van der Waals surface area contributed by atoms with Gasteiger partial charge in [-0.3, -0.25) is 9.78 Å². The lowest BCUT2D eigenvalue weighted by Crippen LogP contribution is -2.38. The van der Waals surface area contributed by atoms with Gasteiger partial charge in [0.25, 0.3) is 0 Å². The van der Waals surface area contributed by atoms with Crippen molar-refractivity contribution in [2.75, 3.05) is 0 Å². The van der Waals surface area contributed by atoms with Gasteiger partial charge >= 0.3 is 0 Å². The molecule has 1 rings (SSSR count). The summed E-state index contributed by atoms with van der Waals surface area (Å²) in [5.41, 5.74) is 10.8. The third-order valence-electron chi connectivity index (χ3n) is 1.79. The second-order valence-corrected chi connectivity index (χ2v) is 3.28. The molecule has 1 heterocycles. The number of pyridine rings is 1. The van der Waals surface area contributed by atoms with E-state index in [1.54, 1.807) is 25.3 Å². The Balaban J connectivity index is 2.87. The van der Waals surface area contributed by atoms with E-state index in [0.29, 0.717) is 5.69 Å². The van der Waals surface area contributed by atoms with Gasteiger partial charge in [-0.2, -0.15) is 0 Å². The average Bonchev–Trinajstić information content (AvgIpc) is 2.04. The van der Waals surface area contributed by atoms with Crippen LogP contribution in [0.4, 0.5) is 0 Å². The highest BCUT2D eigenvalue weighted by Crippen LogP contribution is 2.17. The minimum absolute atomic E-state index is 0.101. The Morgan fingerprint density at radius 1 is 1.62 bits per heavy atom. The SMILES string of the molecule is CC(N)(CC(N)=O)c1ccccn1. The number of primary amides is 1. The highest BCUT2D eigenvalue weighted by molar-refractivity contribution is 5.75. The van der Waals surface area contributed by atoms with Crippen molar-refractivity contribution < 1.29 is 4.79 Å². The molecular formula is C9H13N3O. The summed E-state index contributed by atoms with van der Waals surface area (Å²) in [6.45, 7) is 1.74. The minimum atomic E-state index is -0.771. The van der Waals surface area contributed by atoms with Crippen LogP contribution in [0.25, 0.3) is 0 Å². The van der Waals surface area contributed by atoms with Crippen LogP contribution in [-0.2, 0) is 10.3 Å². The fourth-order valence-electron chi connectivity index (χ4n) is 1.15. The van der Waals surface area contributed by atoms with Gasteiger partial charge in [0.2, 0.25) is 5.91 Å². The van der Waals surface area contributed by atoms with Crippen molar-refractivity contribution in [1.29, 1.82) is 0 Å². The molecule has 13 heavy (non-hydrogen) atoms. The summed E-state index contributed by atoms with van der Waals surface area (Å²) in [5.74, 6) is -0.421. The van der Waals surface area contributed by atoms with E-state index >= 15 is 0 Å². The summed E-state index contributed by atoms with van der Waals surface area (Å²) < 4.78 is 0. The summed E-state index contributed by atoms with van der Waals surface area (Å²) >= 11 is 0. The molecule has 0 saturated carbocycles. The first kappa shape index (κ1) is 9.67. The lowest BCUT2D eigenvalue weighted by molar-refractivity contribution is -0.119. The molecule has 1 aromatic rings. The lowest BCUT2D eigenvalue weighted by atomic mass is 9.94. The molecule has 0 aromatic carbocycles. The fourth-order valence-corrected chi connectivity index (χ4v) is 1.15. The first-order valence-electron chi connectivity index (χ1n) is 4.01. The maximum Gasteiger partial charge on any atom is 0.219 e. The zero-order valence-electron chi connectivity index (χ0n) is 7.53. The molecule has 1 atom stereocenters. The number of nitrogens with zero attached hydrogens (tertiary/aromatic N) is 1. The van der Waals surface area contributed by atoms with E-state index in [2.05, 4.69) is 4.98 Å². The zero-order chi connectivity index (χ0) is 9.90. The van der Waals surface area contributed by atoms with Crippen LogP contribution in [0.1, 0.15) is 19.0 Å². The highest BCUT2D eigenvalue weighted by Gasteiger charge is 2.24. The van der Waals surface area contributed by atoms with Gasteiger partial charge in [-0.25, -0.2) is 0 Å². The van der Waals surface area contributed by atoms with Crippen LogP contribution in [0.15, 0.2) is 24.4 Å². The molecule has 1 amide bonds. The summed E-state index contributed by atoms with van der Waals surface area (Å²) in [4.78, 5) is 14.8. The largest absolute Gasteiger partial charge is 0.370 e.